The first kappa shape index (κ1) is 11.9. The van der Waals surface area contributed by atoms with Gasteiger partial charge in [0.1, 0.15) is 0 Å². The van der Waals surface area contributed by atoms with Gasteiger partial charge in [0, 0.05) is 6.54 Å². The molecule has 82 valence electrons. The standard InChI is InChI=1S/C10H20N2OS/c1-12-6-3-9(4-7-12)2-5-11-10(13)8-14/h9,14H,2-8H2,1H3,(H,11,13). The van der Waals surface area contributed by atoms with Gasteiger partial charge in [-0.25, -0.2) is 0 Å². The fourth-order valence-electron chi connectivity index (χ4n) is 1.82. The van der Waals surface area contributed by atoms with Crippen LogP contribution in [0.2, 0.25) is 0 Å². The van der Waals surface area contributed by atoms with E-state index in [9.17, 15) is 4.79 Å². The molecule has 3 nitrogen and oxygen atoms in total. The maximum atomic E-state index is 10.9. The van der Waals surface area contributed by atoms with Crippen molar-refractivity contribution in [3.05, 3.63) is 0 Å². The van der Waals surface area contributed by atoms with E-state index in [1.165, 1.54) is 25.9 Å². The summed E-state index contributed by atoms with van der Waals surface area (Å²) in [4.78, 5) is 13.3. The summed E-state index contributed by atoms with van der Waals surface area (Å²) in [5, 5.41) is 2.86. The predicted molar refractivity (Wildman–Crippen MR) is 61.7 cm³/mol. The quantitative estimate of drug-likeness (QED) is 0.680. The first-order chi connectivity index (χ1) is 6.72. The Morgan fingerprint density at radius 1 is 1.50 bits per heavy atom. The van der Waals surface area contributed by atoms with E-state index in [1.807, 2.05) is 0 Å². The van der Waals surface area contributed by atoms with Gasteiger partial charge in [0.05, 0.1) is 5.75 Å². The van der Waals surface area contributed by atoms with Crippen molar-refractivity contribution < 1.29 is 4.79 Å². The molecule has 1 amide bonds. The molecule has 4 heteroatoms. The average molecular weight is 216 g/mol. The van der Waals surface area contributed by atoms with Crippen molar-refractivity contribution in [1.82, 2.24) is 10.2 Å². The number of rotatable bonds is 4. The minimum absolute atomic E-state index is 0.0428. The Balaban J connectivity index is 2.04. The molecule has 0 unspecified atom stereocenters. The lowest BCUT2D eigenvalue weighted by molar-refractivity contribution is -0.118. The molecular formula is C10H20N2OS. The minimum Gasteiger partial charge on any atom is -0.355 e. The molecule has 0 aromatic rings. The molecule has 0 spiro atoms. The molecule has 0 aliphatic carbocycles. The second kappa shape index (κ2) is 6.30. The number of hydrogen-bond acceptors (Lipinski definition) is 3. The van der Waals surface area contributed by atoms with E-state index in [2.05, 4.69) is 29.9 Å². The highest BCUT2D eigenvalue weighted by Crippen LogP contribution is 2.18. The summed E-state index contributed by atoms with van der Waals surface area (Å²) >= 11 is 3.91. The van der Waals surface area contributed by atoms with Gasteiger partial charge in [0.25, 0.3) is 0 Å². The highest BCUT2D eigenvalue weighted by atomic mass is 32.1. The minimum atomic E-state index is 0.0428. The molecule has 0 aromatic heterocycles. The van der Waals surface area contributed by atoms with Crippen molar-refractivity contribution in [2.45, 2.75) is 19.3 Å². The Hall–Kier alpha value is -0.220. The van der Waals surface area contributed by atoms with Gasteiger partial charge in [-0.15, -0.1) is 0 Å². The highest BCUT2D eigenvalue weighted by molar-refractivity contribution is 7.81. The van der Waals surface area contributed by atoms with Gasteiger partial charge in [0.2, 0.25) is 5.91 Å². The molecule has 14 heavy (non-hydrogen) atoms. The van der Waals surface area contributed by atoms with E-state index >= 15 is 0 Å². The number of piperidine rings is 1. The first-order valence-electron chi connectivity index (χ1n) is 5.28. The van der Waals surface area contributed by atoms with Crippen LogP contribution in [0.4, 0.5) is 0 Å². The Morgan fingerprint density at radius 2 is 2.14 bits per heavy atom. The summed E-state index contributed by atoms with van der Waals surface area (Å²) < 4.78 is 0. The van der Waals surface area contributed by atoms with Crippen LogP contribution in [-0.4, -0.2) is 43.2 Å². The third kappa shape index (κ3) is 4.33. The van der Waals surface area contributed by atoms with Crippen LogP contribution in [0.3, 0.4) is 0 Å². The number of nitrogens with one attached hydrogen (secondary N) is 1. The summed E-state index contributed by atoms with van der Waals surface area (Å²) in [6, 6.07) is 0. The van der Waals surface area contributed by atoms with Crippen LogP contribution in [0.25, 0.3) is 0 Å². The summed E-state index contributed by atoms with van der Waals surface area (Å²) in [6.45, 7) is 3.21. The molecule has 0 atom stereocenters. The van der Waals surface area contributed by atoms with Gasteiger partial charge < -0.3 is 10.2 Å². The summed E-state index contributed by atoms with van der Waals surface area (Å²) in [6.07, 6.45) is 3.66. The van der Waals surface area contributed by atoms with E-state index < -0.39 is 0 Å². The molecule has 1 rings (SSSR count). The average Bonchev–Trinajstić information content (AvgIpc) is 2.21. The molecule has 0 radical (unpaired) electrons. The van der Waals surface area contributed by atoms with Crippen LogP contribution in [0, 0.1) is 5.92 Å². The molecule has 1 saturated heterocycles. The smallest absolute Gasteiger partial charge is 0.229 e. The molecule has 1 N–H and O–H groups in total. The Kier molecular flexibility index (Phi) is 5.33. The van der Waals surface area contributed by atoms with E-state index in [1.54, 1.807) is 0 Å². The van der Waals surface area contributed by atoms with E-state index in [0.717, 1.165) is 18.9 Å². The lowest BCUT2D eigenvalue weighted by atomic mass is 9.94. The Bertz CT molecular complexity index is 179. The van der Waals surface area contributed by atoms with Crippen LogP contribution >= 0.6 is 12.6 Å². The van der Waals surface area contributed by atoms with Gasteiger partial charge in [-0.2, -0.15) is 12.6 Å². The monoisotopic (exact) mass is 216 g/mol. The number of hydrogen-bond donors (Lipinski definition) is 2. The first-order valence-corrected chi connectivity index (χ1v) is 5.91. The molecular weight excluding hydrogens is 196 g/mol. The zero-order valence-corrected chi connectivity index (χ0v) is 9.72. The highest BCUT2D eigenvalue weighted by Gasteiger charge is 2.15. The van der Waals surface area contributed by atoms with Crippen LogP contribution in [0.1, 0.15) is 19.3 Å². The van der Waals surface area contributed by atoms with Gasteiger partial charge >= 0.3 is 0 Å². The SMILES string of the molecule is CN1CCC(CCNC(=O)CS)CC1. The summed E-state index contributed by atoms with van der Waals surface area (Å²) in [7, 11) is 2.17. The zero-order valence-electron chi connectivity index (χ0n) is 8.83. The van der Waals surface area contributed by atoms with Crippen molar-refractivity contribution in [3.63, 3.8) is 0 Å². The number of amides is 1. The van der Waals surface area contributed by atoms with Crippen LogP contribution in [0.5, 0.6) is 0 Å². The van der Waals surface area contributed by atoms with Crippen LogP contribution in [-0.2, 0) is 4.79 Å². The molecule has 0 bridgehead atoms. The molecule has 1 heterocycles. The summed E-state index contributed by atoms with van der Waals surface area (Å²) in [5.74, 6) is 1.14. The second-order valence-electron chi connectivity index (χ2n) is 4.04. The Labute approximate surface area is 91.6 Å². The van der Waals surface area contributed by atoms with Crippen LogP contribution < -0.4 is 5.32 Å². The van der Waals surface area contributed by atoms with Crippen molar-refractivity contribution in [1.29, 1.82) is 0 Å². The second-order valence-corrected chi connectivity index (χ2v) is 4.36. The molecule has 0 saturated carbocycles. The third-order valence-corrected chi connectivity index (χ3v) is 3.14. The van der Waals surface area contributed by atoms with Gasteiger partial charge in [0.15, 0.2) is 0 Å². The van der Waals surface area contributed by atoms with E-state index in [4.69, 9.17) is 0 Å². The van der Waals surface area contributed by atoms with Gasteiger partial charge in [-0.05, 0) is 45.3 Å². The largest absolute Gasteiger partial charge is 0.355 e. The number of carbonyl (C=O) groups excluding carboxylic acids is 1. The molecule has 1 aliphatic rings. The zero-order chi connectivity index (χ0) is 10.4. The van der Waals surface area contributed by atoms with Crippen molar-refractivity contribution >= 4 is 18.5 Å². The number of carbonyl (C=O) groups is 1. The molecule has 0 aromatic carbocycles. The Morgan fingerprint density at radius 3 is 2.71 bits per heavy atom. The summed E-state index contributed by atoms with van der Waals surface area (Å²) in [5.41, 5.74) is 0. The van der Waals surface area contributed by atoms with Crippen molar-refractivity contribution in [2.75, 3.05) is 32.4 Å². The van der Waals surface area contributed by atoms with E-state index in [-0.39, 0.29) is 5.91 Å². The van der Waals surface area contributed by atoms with Gasteiger partial charge in [-0.3, -0.25) is 4.79 Å². The van der Waals surface area contributed by atoms with Crippen LogP contribution in [0.15, 0.2) is 0 Å². The predicted octanol–water partition coefficient (Wildman–Crippen LogP) is 0.764. The lowest BCUT2D eigenvalue weighted by Crippen LogP contribution is -2.33. The topological polar surface area (TPSA) is 32.3 Å². The fraction of sp³-hybridized carbons (Fsp3) is 0.900. The molecule has 1 aliphatic heterocycles. The maximum absolute atomic E-state index is 10.9. The number of likely N-dealkylation sites (tertiary alicyclic amines) is 1. The van der Waals surface area contributed by atoms with Crippen molar-refractivity contribution in [2.24, 2.45) is 5.92 Å². The third-order valence-electron chi connectivity index (χ3n) is 2.86. The lowest BCUT2D eigenvalue weighted by Gasteiger charge is -2.28. The fourth-order valence-corrected chi connectivity index (χ4v) is 1.93. The van der Waals surface area contributed by atoms with Gasteiger partial charge in [-0.1, -0.05) is 0 Å². The molecule has 1 fully saturated rings. The van der Waals surface area contributed by atoms with Crippen molar-refractivity contribution in [3.8, 4) is 0 Å². The maximum Gasteiger partial charge on any atom is 0.229 e. The number of thiol groups is 1. The number of nitrogens with zero attached hydrogens (tertiary/aromatic N) is 1. The van der Waals surface area contributed by atoms with E-state index in [0.29, 0.717) is 5.75 Å². The normalized spacial score (nSPS) is 19.6.